The summed E-state index contributed by atoms with van der Waals surface area (Å²) in [5.74, 6) is 0.758. The fourth-order valence-corrected chi connectivity index (χ4v) is 4.37. The number of nitrogens with one attached hydrogen (secondary N) is 1. The molecule has 0 atom stereocenters. The average Bonchev–Trinajstić information content (AvgIpc) is 2.60. The normalized spacial score (nSPS) is 16.9. The summed E-state index contributed by atoms with van der Waals surface area (Å²) in [6, 6.07) is 7.46. The van der Waals surface area contributed by atoms with Gasteiger partial charge in [0.25, 0.3) is 0 Å². The minimum absolute atomic E-state index is 0.00976. The van der Waals surface area contributed by atoms with Crippen LogP contribution in [-0.4, -0.2) is 50.6 Å². The third-order valence-corrected chi connectivity index (χ3v) is 6.25. The van der Waals surface area contributed by atoms with Crippen molar-refractivity contribution < 1.29 is 17.9 Å². The Balaban J connectivity index is 1.83. The first kappa shape index (κ1) is 19.5. The standard InChI is InChI=1S/C18H26N2O4S/c1-3-13-25(22,23)20-11-9-16(10-12-20)19-18(21)8-7-15-5-4-6-17(14-15)24-2/h4-8,14,16H,3,9-13H2,1-2H3,(H,19,21)/b8-7+. The van der Waals surface area contributed by atoms with Gasteiger partial charge in [-0.3, -0.25) is 4.79 Å². The molecular weight excluding hydrogens is 340 g/mol. The average molecular weight is 366 g/mol. The predicted molar refractivity (Wildman–Crippen MR) is 98.8 cm³/mol. The fraction of sp³-hybridized carbons (Fsp3) is 0.500. The molecule has 0 spiro atoms. The lowest BCUT2D eigenvalue weighted by Crippen LogP contribution is -2.46. The molecule has 6 nitrogen and oxygen atoms in total. The van der Waals surface area contributed by atoms with Crippen molar-refractivity contribution in [3.8, 4) is 5.75 Å². The van der Waals surface area contributed by atoms with Gasteiger partial charge < -0.3 is 10.1 Å². The highest BCUT2D eigenvalue weighted by Gasteiger charge is 2.27. The zero-order chi connectivity index (χ0) is 18.3. The topological polar surface area (TPSA) is 75.7 Å². The van der Waals surface area contributed by atoms with E-state index in [1.807, 2.05) is 31.2 Å². The maximum Gasteiger partial charge on any atom is 0.244 e. The third kappa shape index (κ3) is 5.86. The summed E-state index contributed by atoms with van der Waals surface area (Å²) in [6.07, 6.45) is 5.13. The number of carbonyl (C=O) groups is 1. The van der Waals surface area contributed by atoms with Gasteiger partial charge in [-0.25, -0.2) is 12.7 Å². The molecular formula is C18H26N2O4S. The number of hydrogen-bond acceptors (Lipinski definition) is 4. The second kappa shape index (κ2) is 9.01. The molecule has 0 saturated carbocycles. The van der Waals surface area contributed by atoms with Crippen molar-refractivity contribution in [2.24, 2.45) is 0 Å². The number of carbonyl (C=O) groups excluding carboxylic acids is 1. The molecule has 1 aromatic carbocycles. The molecule has 1 aromatic rings. The van der Waals surface area contributed by atoms with Crippen LogP contribution >= 0.6 is 0 Å². The highest BCUT2D eigenvalue weighted by atomic mass is 32.2. The largest absolute Gasteiger partial charge is 0.497 e. The maximum atomic E-state index is 12.1. The van der Waals surface area contributed by atoms with E-state index >= 15 is 0 Å². The van der Waals surface area contributed by atoms with Crippen molar-refractivity contribution in [1.29, 1.82) is 0 Å². The molecule has 1 saturated heterocycles. The van der Waals surface area contributed by atoms with Crippen LogP contribution in [0.25, 0.3) is 6.08 Å². The SMILES string of the molecule is CCCS(=O)(=O)N1CCC(NC(=O)/C=C/c2cccc(OC)c2)CC1. The van der Waals surface area contributed by atoms with Crippen molar-refractivity contribution in [2.45, 2.75) is 32.2 Å². The summed E-state index contributed by atoms with van der Waals surface area (Å²) in [5.41, 5.74) is 0.884. The van der Waals surface area contributed by atoms with E-state index < -0.39 is 10.0 Å². The zero-order valence-electron chi connectivity index (χ0n) is 14.8. The van der Waals surface area contributed by atoms with Gasteiger partial charge in [-0.15, -0.1) is 0 Å². The van der Waals surface area contributed by atoms with Crippen molar-refractivity contribution in [1.82, 2.24) is 9.62 Å². The fourth-order valence-electron chi connectivity index (χ4n) is 2.83. The number of hydrogen-bond donors (Lipinski definition) is 1. The molecule has 1 amide bonds. The Kier molecular flexibility index (Phi) is 7.01. The number of nitrogens with zero attached hydrogens (tertiary/aromatic N) is 1. The first-order valence-electron chi connectivity index (χ1n) is 8.55. The first-order valence-corrected chi connectivity index (χ1v) is 10.2. The van der Waals surface area contributed by atoms with Gasteiger partial charge in [0.05, 0.1) is 12.9 Å². The van der Waals surface area contributed by atoms with Crippen molar-refractivity contribution in [3.05, 3.63) is 35.9 Å². The maximum absolute atomic E-state index is 12.1. The molecule has 0 bridgehead atoms. The zero-order valence-corrected chi connectivity index (χ0v) is 15.6. The summed E-state index contributed by atoms with van der Waals surface area (Å²) in [7, 11) is -1.54. The monoisotopic (exact) mass is 366 g/mol. The lowest BCUT2D eigenvalue weighted by Gasteiger charge is -2.31. The van der Waals surface area contributed by atoms with Gasteiger partial charge in [0, 0.05) is 25.2 Å². The highest BCUT2D eigenvalue weighted by Crippen LogP contribution is 2.16. The van der Waals surface area contributed by atoms with Crippen molar-refractivity contribution in [3.63, 3.8) is 0 Å². The van der Waals surface area contributed by atoms with Crippen LogP contribution in [-0.2, 0) is 14.8 Å². The Morgan fingerprint density at radius 2 is 2.08 bits per heavy atom. The lowest BCUT2D eigenvalue weighted by atomic mass is 10.1. The van der Waals surface area contributed by atoms with Crippen LogP contribution in [0.1, 0.15) is 31.7 Å². The molecule has 1 N–H and O–H groups in total. The number of ether oxygens (including phenoxy) is 1. The van der Waals surface area contributed by atoms with Crippen LogP contribution in [0.5, 0.6) is 5.75 Å². The molecule has 0 aromatic heterocycles. The van der Waals surface area contributed by atoms with Gasteiger partial charge in [0.1, 0.15) is 5.75 Å². The lowest BCUT2D eigenvalue weighted by molar-refractivity contribution is -0.117. The second-order valence-electron chi connectivity index (χ2n) is 6.11. The number of amides is 1. The molecule has 1 aliphatic heterocycles. The van der Waals surface area contributed by atoms with Crippen LogP contribution < -0.4 is 10.1 Å². The molecule has 0 radical (unpaired) electrons. The Morgan fingerprint density at radius 3 is 2.72 bits per heavy atom. The predicted octanol–water partition coefficient (Wildman–Crippen LogP) is 2.03. The molecule has 0 unspecified atom stereocenters. The van der Waals surface area contributed by atoms with Crippen LogP contribution in [0, 0.1) is 0 Å². The third-order valence-electron chi connectivity index (χ3n) is 4.18. The summed E-state index contributed by atoms with van der Waals surface area (Å²) in [4.78, 5) is 12.1. The van der Waals surface area contributed by atoms with Crippen LogP contribution in [0.2, 0.25) is 0 Å². The number of rotatable bonds is 7. The number of methoxy groups -OCH3 is 1. The van der Waals surface area contributed by atoms with E-state index in [0.29, 0.717) is 32.4 Å². The van der Waals surface area contributed by atoms with E-state index in [0.717, 1.165) is 11.3 Å². The van der Waals surface area contributed by atoms with Crippen LogP contribution in [0.3, 0.4) is 0 Å². The quantitative estimate of drug-likeness (QED) is 0.749. The molecule has 138 valence electrons. The molecule has 1 heterocycles. The van der Waals surface area contributed by atoms with Gasteiger partial charge in [0.15, 0.2) is 0 Å². The number of piperidine rings is 1. The van der Waals surface area contributed by atoms with Crippen LogP contribution in [0.4, 0.5) is 0 Å². The van der Waals surface area contributed by atoms with Gasteiger partial charge in [-0.05, 0) is 43.0 Å². The highest BCUT2D eigenvalue weighted by molar-refractivity contribution is 7.89. The van der Waals surface area contributed by atoms with Gasteiger partial charge in [-0.2, -0.15) is 0 Å². The Morgan fingerprint density at radius 1 is 1.36 bits per heavy atom. The van der Waals surface area contributed by atoms with Crippen molar-refractivity contribution in [2.75, 3.05) is 26.0 Å². The van der Waals surface area contributed by atoms with E-state index in [1.54, 1.807) is 13.2 Å². The van der Waals surface area contributed by atoms with Gasteiger partial charge in [-0.1, -0.05) is 19.1 Å². The Hall–Kier alpha value is -1.86. The smallest absolute Gasteiger partial charge is 0.244 e. The molecule has 0 aliphatic carbocycles. The van der Waals surface area contributed by atoms with Gasteiger partial charge in [0.2, 0.25) is 15.9 Å². The molecule has 7 heteroatoms. The minimum Gasteiger partial charge on any atom is -0.497 e. The van der Waals surface area contributed by atoms with E-state index in [1.165, 1.54) is 10.4 Å². The van der Waals surface area contributed by atoms with E-state index in [4.69, 9.17) is 4.74 Å². The Bertz CT molecular complexity index is 708. The first-order chi connectivity index (χ1) is 11.9. The van der Waals surface area contributed by atoms with E-state index in [2.05, 4.69) is 5.32 Å². The summed E-state index contributed by atoms with van der Waals surface area (Å²) in [6.45, 7) is 2.79. The summed E-state index contributed by atoms with van der Waals surface area (Å²) < 4.78 is 30.8. The number of sulfonamides is 1. The molecule has 1 fully saturated rings. The van der Waals surface area contributed by atoms with Gasteiger partial charge >= 0.3 is 0 Å². The number of benzene rings is 1. The molecule has 1 aliphatic rings. The minimum atomic E-state index is -3.14. The van der Waals surface area contributed by atoms with E-state index in [9.17, 15) is 13.2 Å². The van der Waals surface area contributed by atoms with Crippen LogP contribution in [0.15, 0.2) is 30.3 Å². The second-order valence-corrected chi connectivity index (χ2v) is 8.20. The molecule has 25 heavy (non-hydrogen) atoms. The molecule has 2 rings (SSSR count). The summed E-state index contributed by atoms with van der Waals surface area (Å²) in [5, 5.41) is 2.94. The van der Waals surface area contributed by atoms with Crippen molar-refractivity contribution >= 4 is 22.0 Å². The Labute approximate surface area is 149 Å². The summed E-state index contributed by atoms with van der Waals surface area (Å²) >= 11 is 0. The van der Waals surface area contributed by atoms with E-state index in [-0.39, 0.29) is 17.7 Å².